The van der Waals surface area contributed by atoms with Crippen LogP contribution >= 0.6 is 0 Å². The highest BCUT2D eigenvalue weighted by atomic mass is 16.3. The topological polar surface area (TPSA) is 66.4 Å². The Morgan fingerprint density at radius 1 is 1.00 bits per heavy atom. The first kappa shape index (κ1) is 23.6. The number of amides is 1. The Morgan fingerprint density at radius 2 is 1.68 bits per heavy atom. The summed E-state index contributed by atoms with van der Waals surface area (Å²) in [7, 11) is 1.77. The highest BCUT2D eigenvalue weighted by molar-refractivity contribution is 6.06. The van der Waals surface area contributed by atoms with Crippen molar-refractivity contribution in [2.24, 2.45) is 33.0 Å². The van der Waals surface area contributed by atoms with Gasteiger partial charge in [-0.2, -0.15) is 0 Å². The highest BCUT2D eigenvalue weighted by Gasteiger charge is 2.67. The summed E-state index contributed by atoms with van der Waals surface area (Å²) >= 11 is 0. The van der Waals surface area contributed by atoms with Crippen LogP contribution in [0.1, 0.15) is 86.5 Å². The molecule has 3 fully saturated rings. The zero-order valence-electron chi connectivity index (χ0n) is 22.0. The van der Waals surface area contributed by atoms with Crippen LogP contribution in [-0.4, -0.2) is 23.8 Å². The fourth-order valence-corrected chi connectivity index (χ4v) is 8.96. The maximum Gasteiger partial charge on any atom is 0.225 e. The second-order valence-corrected chi connectivity index (χ2v) is 13.2. The van der Waals surface area contributed by atoms with E-state index >= 15 is 0 Å². The summed E-state index contributed by atoms with van der Waals surface area (Å²) in [5.41, 5.74) is 4.06. The summed E-state index contributed by atoms with van der Waals surface area (Å²) in [5.74, 6) is 0.267. The number of fused-ring (bicyclic) bond motifs is 7. The molecule has 5 rings (SSSR count). The quantitative estimate of drug-likeness (QED) is 0.475. The standard InChI is InChI=1S/C30H41NO3/c1-18-19-8-9-22-28(4,20(19)16-21(32)24(18)33)13-15-30(6)23-17-27(3,25(34)31-7)11-10-26(23,2)12-14-29(22,30)5/h8-9,16,23,33H,10-15,17H2,1-7H3,(H,31,34)/t23-,26-,27-,28+,29?,30+/m1/s1. The molecule has 5 aliphatic rings. The lowest BCUT2D eigenvalue weighted by atomic mass is 9.34. The van der Waals surface area contributed by atoms with Crippen LogP contribution in [0.4, 0.5) is 0 Å². The predicted octanol–water partition coefficient (Wildman–Crippen LogP) is 6.36. The number of hydrogen-bond acceptors (Lipinski definition) is 3. The number of nitrogens with one attached hydrogen (secondary N) is 1. The van der Waals surface area contributed by atoms with E-state index in [0.29, 0.717) is 11.5 Å². The number of aliphatic hydroxyl groups excluding tert-OH is 1. The third kappa shape index (κ3) is 2.72. The summed E-state index contributed by atoms with van der Waals surface area (Å²) in [6, 6.07) is 0. The van der Waals surface area contributed by atoms with Gasteiger partial charge < -0.3 is 10.4 Å². The first-order valence-corrected chi connectivity index (χ1v) is 13.1. The minimum atomic E-state index is -0.313. The number of rotatable bonds is 1. The molecule has 2 N–H and O–H groups in total. The van der Waals surface area contributed by atoms with Crippen molar-refractivity contribution in [1.82, 2.24) is 5.32 Å². The van der Waals surface area contributed by atoms with E-state index in [9.17, 15) is 14.7 Å². The van der Waals surface area contributed by atoms with Crippen LogP contribution in [-0.2, 0) is 9.59 Å². The molecule has 0 heterocycles. The molecule has 0 aromatic heterocycles. The van der Waals surface area contributed by atoms with Gasteiger partial charge in [0.25, 0.3) is 0 Å². The molecule has 1 unspecified atom stereocenters. The molecule has 0 spiro atoms. The first-order chi connectivity index (χ1) is 15.8. The van der Waals surface area contributed by atoms with Crippen molar-refractivity contribution in [2.45, 2.75) is 86.5 Å². The Kier molecular flexibility index (Phi) is 4.85. The molecule has 0 bridgehead atoms. The van der Waals surface area contributed by atoms with Gasteiger partial charge in [-0.25, -0.2) is 0 Å². The maximum absolute atomic E-state index is 12.9. The van der Waals surface area contributed by atoms with Gasteiger partial charge in [-0.1, -0.05) is 52.3 Å². The Balaban J connectivity index is 1.63. The zero-order valence-corrected chi connectivity index (χ0v) is 22.0. The van der Waals surface area contributed by atoms with E-state index < -0.39 is 0 Å². The second kappa shape index (κ2) is 6.98. The first-order valence-electron chi connectivity index (χ1n) is 13.1. The van der Waals surface area contributed by atoms with E-state index in [1.165, 1.54) is 12.0 Å². The summed E-state index contributed by atoms with van der Waals surface area (Å²) in [6.45, 7) is 13.8. The van der Waals surface area contributed by atoms with Crippen LogP contribution in [0.5, 0.6) is 0 Å². The van der Waals surface area contributed by atoms with Gasteiger partial charge in [-0.3, -0.25) is 9.59 Å². The Morgan fingerprint density at radius 3 is 2.35 bits per heavy atom. The Labute approximate surface area is 204 Å². The van der Waals surface area contributed by atoms with Crippen molar-refractivity contribution in [3.8, 4) is 0 Å². The van der Waals surface area contributed by atoms with Crippen molar-refractivity contribution < 1.29 is 14.7 Å². The summed E-state index contributed by atoms with van der Waals surface area (Å²) in [6.07, 6.45) is 13.5. The van der Waals surface area contributed by atoms with E-state index in [-0.39, 0.29) is 44.5 Å². The molecule has 34 heavy (non-hydrogen) atoms. The van der Waals surface area contributed by atoms with Crippen LogP contribution in [0.25, 0.3) is 0 Å². The lowest BCUT2D eigenvalue weighted by Gasteiger charge is -2.70. The third-order valence-corrected chi connectivity index (χ3v) is 11.6. The van der Waals surface area contributed by atoms with Crippen molar-refractivity contribution in [3.05, 3.63) is 46.3 Å². The molecular weight excluding hydrogens is 422 g/mol. The average molecular weight is 464 g/mol. The smallest absolute Gasteiger partial charge is 0.225 e. The lowest BCUT2D eigenvalue weighted by molar-refractivity contribution is -0.169. The normalized spacial score (nSPS) is 45.7. The molecule has 0 aromatic carbocycles. The number of aliphatic hydroxyl groups is 1. The van der Waals surface area contributed by atoms with Gasteiger partial charge in [0.1, 0.15) is 0 Å². The van der Waals surface area contributed by atoms with Gasteiger partial charge in [0.2, 0.25) is 11.7 Å². The van der Waals surface area contributed by atoms with E-state index in [1.807, 2.05) is 6.92 Å². The van der Waals surface area contributed by atoms with Gasteiger partial charge in [-0.15, -0.1) is 0 Å². The second-order valence-electron chi connectivity index (χ2n) is 13.2. The predicted molar refractivity (Wildman–Crippen MR) is 135 cm³/mol. The van der Waals surface area contributed by atoms with Crippen LogP contribution in [0.3, 0.4) is 0 Å². The van der Waals surface area contributed by atoms with Crippen molar-refractivity contribution in [3.63, 3.8) is 0 Å². The van der Waals surface area contributed by atoms with Gasteiger partial charge >= 0.3 is 0 Å². The molecule has 4 heteroatoms. The SMILES string of the molecule is CNC(=O)[C@]1(C)CC[C@]2(C)CCC3(C)C4=CC=C5C(=CC(=O)C(O)=C5C)[C@]4(C)CC[C@@]3(C)[C@@H]2C1. The minimum Gasteiger partial charge on any atom is -0.504 e. The monoisotopic (exact) mass is 463 g/mol. The van der Waals surface area contributed by atoms with Crippen LogP contribution in [0.2, 0.25) is 0 Å². The molecule has 3 saturated carbocycles. The molecule has 0 saturated heterocycles. The molecule has 0 aromatic rings. The zero-order chi connectivity index (χ0) is 24.9. The number of allylic oxidation sites excluding steroid dienone is 7. The van der Waals surface area contributed by atoms with E-state index in [1.54, 1.807) is 13.1 Å². The largest absolute Gasteiger partial charge is 0.504 e. The number of carbonyl (C=O) groups is 2. The van der Waals surface area contributed by atoms with Gasteiger partial charge in [0.15, 0.2) is 5.76 Å². The van der Waals surface area contributed by atoms with Gasteiger partial charge in [0.05, 0.1) is 0 Å². The Bertz CT molecular complexity index is 1120. The van der Waals surface area contributed by atoms with E-state index in [2.05, 4.69) is 52.1 Å². The minimum absolute atomic E-state index is 0.00581. The number of carbonyl (C=O) groups excluding carboxylic acids is 2. The molecule has 6 atom stereocenters. The molecule has 4 nitrogen and oxygen atoms in total. The van der Waals surface area contributed by atoms with Crippen LogP contribution in [0, 0.1) is 33.0 Å². The van der Waals surface area contributed by atoms with Crippen LogP contribution < -0.4 is 5.32 Å². The molecule has 1 amide bonds. The molecule has 0 radical (unpaired) electrons. The van der Waals surface area contributed by atoms with Crippen molar-refractivity contribution >= 4 is 11.7 Å². The summed E-state index contributed by atoms with van der Waals surface area (Å²) in [4.78, 5) is 25.6. The third-order valence-electron chi connectivity index (χ3n) is 11.6. The van der Waals surface area contributed by atoms with E-state index in [0.717, 1.165) is 49.7 Å². The summed E-state index contributed by atoms with van der Waals surface area (Å²) in [5, 5.41) is 13.3. The maximum atomic E-state index is 12.9. The fourth-order valence-electron chi connectivity index (χ4n) is 8.96. The molecule has 184 valence electrons. The van der Waals surface area contributed by atoms with Crippen molar-refractivity contribution in [1.29, 1.82) is 0 Å². The van der Waals surface area contributed by atoms with Crippen molar-refractivity contribution in [2.75, 3.05) is 7.05 Å². The molecule has 0 aliphatic heterocycles. The average Bonchev–Trinajstić information content (AvgIpc) is 2.80. The molecular formula is C30H41NO3. The molecule has 5 aliphatic carbocycles. The fraction of sp³-hybridized carbons (Fsp3) is 0.667. The van der Waals surface area contributed by atoms with Gasteiger partial charge in [-0.05, 0) is 91.3 Å². The lowest BCUT2D eigenvalue weighted by Crippen LogP contribution is -2.62. The summed E-state index contributed by atoms with van der Waals surface area (Å²) < 4.78 is 0. The van der Waals surface area contributed by atoms with E-state index in [4.69, 9.17) is 0 Å². The van der Waals surface area contributed by atoms with Crippen LogP contribution in [0.15, 0.2) is 46.3 Å². The Hall–Kier alpha value is -2.10. The number of ketones is 1. The highest BCUT2D eigenvalue weighted by Crippen LogP contribution is 2.75. The van der Waals surface area contributed by atoms with Gasteiger partial charge in [0, 0.05) is 23.5 Å². The number of hydrogen-bond donors (Lipinski definition) is 2.